The van der Waals surface area contributed by atoms with E-state index in [0.29, 0.717) is 0 Å². The number of aryl methyl sites for hydroxylation is 2. The summed E-state index contributed by atoms with van der Waals surface area (Å²) in [7, 11) is 0. The van der Waals surface area contributed by atoms with E-state index < -0.39 is 0 Å². The Morgan fingerprint density at radius 1 is 0.952 bits per heavy atom. The van der Waals surface area contributed by atoms with Crippen molar-refractivity contribution < 1.29 is 4.39 Å². The molecule has 0 radical (unpaired) electrons. The van der Waals surface area contributed by atoms with Crippen LogP contribution in [0.25, 0.3) is 0 Å². The second kappa shape index (κ2) is 4.96. The van der Waals surface area contributed by atoms with Gasteiger partial charge in [0.05, 0.1) is 0 Å². The average Bonchev–Trinajstić information content (AvgIpc) is 2.91. The standard InChI is InChI=1S/C19H20FN/c20-18-8-6-17(7-9-18)19(12-21-13-19)11-14-4-5-15-2-1-3-16(15)10-14/h4-10,21H,1-3,11-13H2. The zero-order valence-electron chi connectivity index (χ0n) is 12.2. The van der Waals surface area contributed by atoms with Crippen LogP contribution >= 0.6 is 0 Å². The third-order valence-electron chi connectivity index (χ3n) is 5.09. The van der Waals surface area contributed by atoms with Gasteiger partial charge in [-0.15, -0.1) is 0 Å². The van der Waals surface area contributed by atoms with E-state index in [1.165, 1.54) is 41.5 Å². The third-order valence-corrected chi connectivity index (χ3v) is 5.09. The van der Waals surface area contributed by atoms with Crippen LogP contribution < -0.4 is 5.32 Å². The molecule has 0 unspecified atom stereocenters. The molecule has 21 heavy (non-hydrogen) atoms. The van der Waals surface area contributed by atoms with Gasteiger partial charge >= 0.3 is 0 Å². The Morgan fingerprint density at radius 2 is 1.71 bits per heavy atom. The van der Waals surface area contributed by atoms with E-state index in [1.807, 2.05) is 12.1 Å². The van der Waals surface area contributed by atoms with Crippen LogP contribution in [0.4, 0.5) is 4.39 Å². The number of benzene rings is 2. The molecule has 0 atom stereocenters. The fourth-order valence-corrected chi connectivity index (χ4v) is 3.79. The minimum absolute atomic E-state index is 0.139. The SMILES string of the molecule is Fc1ccc(C2(Cc3ccc4c(c3)CCC4)CNC2)cc1. The predicted octanol–water partition coefficient (Wildman–Crippen LogP) is 3.40. The topological polar surface area (TPSA) is 12.0 Å². The van der Waals surface area contributed by atoms with Crippen molar-refractivity contribution in [3.05, 3.63) is 70.5 Å². The first-order chi connectivity index (χ1) is 10.3. The summed E-state index contributed by atoms with van der Waals surface area (Å²) in [4.78, 5) is 0. The maximum Gasteiger partial charge on any atom is 0.123 e. The van der Waals surface area contributed by atoms with Crippen LogP contribution in [0.5, 0.6) is 0 Å². The molecule has 1 N–H and O–H groups in total. The van der Waals surface area contributed by atoms with E-state index >= 15 is 0 Å². The molecular formula is C19H20FN. The van der Waals surface area contributed by atoms with Crippen molar-refractivity contribution in [3.8, 4) is 0 Å². The highest BCUT2D eigenvalue weighted by Gasteiger charge is 2.38. The Bertz CT molecular complexity index is 656. The molecule has 2 aromatic carbocycles. The van der Waals surface area contributed by atoms with Gasteiger partial charge in [0.15, 0.2) is 0 Å². The number of fused-ring (bicyclic) bond motifs is 1. The summed E-state index contributed by atoms with van der Waals surface area (Å²) in [6.07, 6.45) is 4.80. The maximum atomic E-state index is 13.2. The first-order valence-corrected chi connectivity index (χ1v) is 7.83. The Labute approximate surface area is 125 Å². The molecule has 4 rings (SSSR count). The fraction of sp³-hybridized carbons (Fsp3) is 0.368. The molecule has 1 heterocycles. The molecule has 1 nitrogen and oxygen atoms in total. The van der Waals surface area contributed by atoms with E-state index in [1.54, 1.807) is 12.1 Å². The van der Waals surface area contributed by atoms with Crippen molar-refractivity contribution in [2.45, 2.75) is 31.1 Å². The number of halogens is 1. The Morgan fingerprint density at radius 3 is 2.43 bits per heavy atom. The summed E-state index contributed by atoms with van der Waals surface area (Å²) >= 11 is 0. The van der Waals surface area contributed by atoms with Gasteiger partial charge in [-0.2, -0.15) is 0 Å². The molecule has 0 spiro atoms. The molecular weight excluding hydrogens is 261 g/mol. The quantitative estimate of drug-likeness (QED) is 0.909. The van der Waals surface area contributed by atoms with E-state index in [2.05, 4.69) is 23.5 Å². The van der Waals surface area contributed by atoms with E-state index in [9.17, 15) is 4.39 Å². The van der Waals surface area contributed by atoms with Crippen LogP contribution in [0.3, 0.4) is 0 Å². The molecule has 1 saturated heterocycles. The number of hydrogen-bond acceptors (Lipinski definition) is 1. The molecule has 1 aliphatic carbocycles. The van der Waals surface area contributed by atoms with Gasteiger partial charge in [0.25, 0.3) is 0 Å². The van der Waals surface area contributed by atoms with Crippen molar-refractivity contribution in [3.63, 3.8) is 0 Å². The van der Waals surface area contributed by atoms with Gasteiger partial charge < -0.3 is 5.32 Å². The summed E-state index contributed by atoms with van der Waals surface area (Å²) in [6.45, 7) is 1.96. The minimum Gasteiger partial charge on any atom is -0.315 e. The highest BCUT2D eigenvalue weighted by Crippen LogP contribution is 2.34. The second-order valence-corrected chi connectivity index (χ2v) is 6.52. The maximum absolute atomic E-state index is 13.2. The largest absolute Gasteiger partial charge is 0.315 e. The van der Waals surface area contributed by atoms with Gasteiger partial charge in [0, 0.05) is 18.5 Å². The Hall–Kier alpha value is -1.67. The van der Waals surface area contributed by atoms with E-state index in [0.717, 1.165) is 19.5 Å². The molecule has 0 bridgehead atoms. The lowest BCUT2D eigenvalue weighted by atomic mass is 9.71. The molecule has 0 saturated carbocycles. The van der Waals surface area contributed by atoms with Crippen molar-refractivity contribution in [1.82, 2.24) is 5.32 Å². The van der Waals surface area contributed by atoms with Crippen LogP contribution in [0, 0.1) is 5.82 Å². The first-order valence-electron chi connectivity index (χ1n) is 7.83. The van der Waals surface area contributed by atoms with Crippen LogP contribution in [0.1, 0.15) is 28.7 Å². The second-order valence-electron chi connectivity index (χ2n) is 6.52. The Balaban J connectivity index is 1.63. The van der Waals surface area contributed by atoms with E-state index in [-0.39, 0.29) is 11.2 Å². The molecule has 2 aromatic rings. The van der Waals surface area contributed by atoms with Gasteiger partial charge in [0.1, 0.15) is 5.82 Å². The zero-order chi connectivity index (χ0) is 14.3. The van der Waals surface area contributed by atoms with Crippen LogP contribution in [-0.4, -0.2) is 13.1 Å². The highest BCUT2D eigenvalue weighted by atomic mass is 19.1. The monoisotopic (exact) mass is 281 g/mol. The summed E-state index contributed by atoms with van der Waals surface area (Å²) in [5.74, 6) is -0.154. The van der Waals surface area contributed by atoms with Crippen LogP contribution in [0.2, 0.25) is 0 Å². The summed E-state index contributed by atoms with van der Waals surface area (Å²) in [5.41, 5.74) is 5.88. The summed E-state index contributed by atoms with van der Waals surface area (Å²) in [5, 5.41) is 3.39. The molecule has 0 amide bonds. The molecule has 1 aliphatic heterocycles. The highest BCUT2D eigenvalue weighted by molar-refractivity contribution is 5.39. The van der Waals surface area contributed by atoms with Crippen molar-refractivity contribution in [1.29, 1.82) is 0 Å². The lowest BCUT2D eigenvalue weighted by Gasteiger charge is -2.43. The smallest absolute Gasteiger partial charge is 0.123 e. The molecule has 108 valence electrons. The summed E-state index contributed by atoms with van der Waals surface area (Å²) < 4.78 is 13.2. The number of nitrogens with one attached hydrogen (secondary N) is 1. The Kier molecular flexibility index (Phi) is 3.07. The minimum atomic E-state index is -0.154. The van der Waals surface area contributed by atoms with Gasteiger partial charge in [-0.1, -0.05) is 30.3 Å². The molecule has 0 aromatic heterocycles. The van der Waals surface area contributed by atoms with E-state index in [4.69, 9.17) is 0 Å². The first kappa shape index (κ1) is 13.0. The van der Waals surface area contributed by atoms with Crippen molar-refractivity contribution >= 4 is 0 Å². The number of rotatable bonds is 3. The van der Waals surface area contributed by atoms with Crippen LogP contribution in [-0.2, 0) is 24.7 Å². The zero-order valence-corrected chi connectivity index (χ0v) is 12.2. The normalized spacial score (nSPS) is 19.1. The number of hydrogen-bond donors (Lipinski definition) is 1. The lowest BCUT2D eigenvalue weighted by Crippen LogP contribution is -2.58. The summed E-state index contributed by atoms with van der Waals surface area (Å²) in [6, 6.07) is 14.0. The fourth-order valence-electron chi connectivity index (χ4n) is 3.79. The van der Waals surface area contributed by atoms with Gasteiger partial charge in [0.2, 0.25) is 0 Å². The van der Waals surface area contributed by atoms with Gasteiger partial charge in [-0.05, 0) is 60.1 Å². The average molecular weight is 281 g/mol. The van der Waals surface area contributed by atoms with Crippen LogP contribution in [0.15, 0.2) is 42.5 Å². The molecule has 2 heteroatoms. The predicted molar refractivity (Wildman–Crippen MR) is 83.1 cm³/mol. The van der Waals surface area contributed by atoms with Crippen molar-refractivity contribution in [2.24, 2.45) is 0 Å². The van der Waals surface area contributed by atoms with Gasteiger partial charge in [-0.25, -0.2) is 4.39 Å². The third kappa shape index (κ3) is 2.28. The molecule has 1 fully saturated rings. The molecule has 2 aliphatic rings. The van der Waals surface area contributed by atoms with Crippen molar-refractivity contribution in [2.75, 3.05) is 13.1 Å². The lowest BCUT2D eigenvalue weighted by molar-refractivity contribution is 0.274. The van der Waals surface area contributed by atoms with Gasteiger partial charge in [-0.3, -0.25) is 0 Å².